The van der Waals surface area contributed by atoms with Crippen molar-refractivity contribution in [1.29, 1.82) is 0 Å². The number of carbonyl (C=O) groups is 1. The number of hydrogen-bond acceptors (Lipinski definition) is 5. The maximum absolute atomic E-state index is 11.8. The van der Waals surface area contributed by atoms with Crippen LogP contribution in [0.3, 0.4) is 0 Å². The quantitative estimate of drug-likeness (QED) is 0.763. The summed E-state index contributed by atoms with van der Waals surface area (Å²) < 4.78 is 1.59. The molecule has 0 aromatic carbocycles. The van der Waals surface area contributed by atoms with Crippen LogP contribution < -0.4 is 11.1 Å². The van der Waals surface area contributed by atoms with E-state index in [2.05, 4.69) is 32.2 Å². The minimum Gasteiger partial charge on any atom is -0.320 e. The van der Waals surface area contributed by atoms with Crippen LogP contribution in [-0.2, 0) is 11.3 Å². The van der Waals surface area contributed by atoms with Crippen molar-refractivity contribution in [2.24, 2.45) is 5.73 Å². The zero-order chi connectivity index (χ0) is 14.2. The molecule has 0 atom stereocenters. The third-order valence-corrected chi connectivity index (χ3v) is 2.40. The summed E-state index contributed by atoms with van der Waals surface area (Å²) >= 11 is 0. The lowest BCUT2D eigenvalue weighted by molar-refractivity contribution is -0.116. The van der Waals surface area contributed by atoms with E-state index in [9.17, 15) is 4.79 Å². The van der Waals surface area contributed by atoms with Crippen LogP contribution >= 0.6 is 0 Å². The number of nitrogens with two attached hydrogens (primary N) is 1. The van der Waals surface area contributed by atoms with Gasteiger partial charge in [-0.2, -0.15) is 5.10 Å². The van der Waals surface area contributed by atoms with Gasteiger partial charge < -0.3 is 11.1 Å². The van der Waals surface area contributed by atoms with E-state index in [1.165, 1.54) is 6.33 Å². The van der Waals surface area contributed by atoms with Crippen molar-refractivity contribution in [3.05, 3.63) is 36.5 Å². The molecule has 2 aromatic rings. The van der Waals surface area contributed by atoms with Crippen molar-refractivity contribution in [2.75, 3.05) is 11.9 Å². The summed E-state index contributed by atoms with van der Waals surface area (Å²) in [6.07, 6.45) is 4.88. The van der Waals surface area contributed by atoms with E-state index in [0.717, 1.165) is 5.56 Å². The number of carbonyl (C=O) groups excluding carboxylic acids is 1. The van der Waals surface area contributed by atoms with Crippen LogP contribution in [0.5, 0.6) is 0 Å². The van der Waals surface area contributed by atoms with Crippen molar-refractivity contribution in [3.63, 3.8) is 0 Å². The third-order valence-electron chi connectivity index (χ3n) is 2.40. The summed E-state index contributed by atoms with van der Waals surface area (Å²) in [5, 5.41) is 6.63. The Hall–Kier alpha value is -2.72. The molecule has 0 aliphatic carbocycles. The van der Waals surface area contributed by atoms with E-state index < -0.39 is 0 Å². The predicted octanol–water partition coefficient (Wildman–Crippen LogP) is 0.0121. The minimum atomic E-state index is -0.142. The molecule has 0 bridgehead atoms. The highest BCUT2D eigenvalue weighted by Crippen LogP contribution is 2.06. The molecule has 7 heteroatoms. The Morgan fingerprint density at radius 1 is 1.50 bits per heavy atom. The van der Waals surface area contributed by atoms with Crippen LogP contribution in [0.25, 0.3) is 0 Å². The predicted molar refractivity (Wildman–Crippen MR) is 73.4 cm³/mol. The van der Waals surface area contributed by atoms with Crippen molar-refractivity contribution in [3.8, 4) is 11.8 Å². The Kier molecular flexibility index (Phi) is 4.81. The Bertz CT molecular complexity index is 626. The molecule has 0 aliphatic heterocycles. The standard InChI is InChI=1S/C13H14N6O/c14-5-1-2-11-3-6-16-12(8-11)18-13(20)4-7-19-10-15-9-17-19/h3,6,8-10H,4-5,7,14H2,(H,16,18,20). The third kappa shape index (κ3) is 4.19. The van der Waals surface area contributed by atoms with Crippen molar-refractivity contribution >= 4 is 11.7 Å². The van der Waals surface area contributed by atoms with E-state index in [1.807, 2.05) is 0 Å². The summed E-state index contributed by atoms with van der Waals surface area (Å²) in [6, 6.07) is 3.46. The molecule has 102 valence electrons. The second-order valence-corrected chi connectivity index (χ2v) is 3.89. The molecule has 0 saturated heterocycles. The normalized spacial score (nSPS) is 9.65. The molecule has 1 amide bonds. The van der Waals surface area contributed by atoms with Gasteiger partial charge in [0, 0.05) is 18.2 Å². The van der Waals surface area contributed by atoms with Crippen molar-refractivity contribution in [2.45, 2.75) is 13.0 Å². The number of anilines is 1. The van der Waals surface area contributed by atoms with Gasteiger partial charge in [-0.05, 0) is 12.1 Å². The number of nitrogens with one attached hydrogen (secondary N) is 1. The molecule has 2 rings (SSSR count). The van der Waals surface area contributed by atoms with Gasteiger partial charge in [-0.3, -0.25) is 9.48 Å². The second kappa shape index (κ2) is 7.01. The molecule has 0 saturated carbocycles. The maximum atomic E-state index is 11.8. The van der Waals surface area contributed by atoms with Gasteiger partial charge in [0.15, 0.2) is 0 Å². The van der Waals surface area contributed by atoms with Crippen LogP contribution in [0.4, 0.5) is 5.82 Å². The Morgan fingerprint density at radius 2 is 2.40 bits per heavy atom. The monoisotopic (exact) mass is 270 g/mol. The SMILES string of the molecule is NCC#Cc1ccnc(NC(=O)CCn2cncn2)c1. The van der Waals surface area contributed by atoms with E-state index in [0.29, 0.717) is 25.3 Å². The van der Waals surface area contributed by atoms with Gasteiger partial charge in [0.2, 0.25) is 5.91 Å². The van der Waals surface area contributed by atoms with Crippen LogP contribution in [0.2, 0.25) is 0 Å². The lowest BCUT2D eigenvalue weighted by atomic mass is 10.2. The first-order valence-electron chi connectivity index (χ1n) is 6.05. The molecule has 0 spiro atoms. The average molecular weight is 270 g/mol. The number of nitrogens with zero attached hydrogens (tertiary/aromatic N) is 4. The first-order chi connectivity index (χ1) is 9.78. The minimum absolute atomic E-state index is 0.142. The molecule has 0 radical (unpaired) electrons. The van der Waals surface area contributed by atoms with E-state index in [-0.39, 0.29) is 5.91 Å². The number of aromatic nitrogens is 4. The number of rotatable bonds is 4. The number of pyridine rings is 1. The summed E-state index contributed by atoms with van der Waals surface area (Å²) in [4.78, 5) is 19.6. The molecule has 0 unspecified atom stereocenters. The first kappa shape index (κ1) is 13.7. The van der Waals surface area contributed by atoms with Gasteiger partial charge >= 0.3 is 0 Å². The van der Waals surface area contributed by atoms with Crippen LogP contribution in [0, 0.1) is 11.8 Å². The highest BCUT2D eigenvalue weighted by molar-refractivity contribution is 5.89. The molecule has 0 fully saturated rings. The highest BCUT2D eigenvalue weighted by atomic mass is 16.1. The fraction of sp³-hybridized carbons (Fsp3) is 0.231. The first-order valence-corrected chi connectivity index (χ1v) is 6.05. The van der Waals surface area contributed by atoms with E-state index in [1.54, 1.807) is 29.3 Å². The van der Waals surface area contributed by atoms with Gasteiger partial charge in [0.05, 0.1) is 13.1 Å². The lowest BCUT2D eigenvalue weighted by Gasteiger charge is -2.04. The fourth-order valence-corrected chi connectivity index (χ4v) is 1.50. The van der Waals surface area contributed by atoms with Crippen LogP contribution in [-0.4, -0.2) is 32.2 Å². The van der Waals surface area contributed by atoms with Crippen LogP contribution in [0.15, 0.2) is 31.0 Å². The summed E-state index contributed by atoms with van der Waals surface area (Å²) in [5.74, 6) is 5.96. The Labute approximate surface area is 116 Å². The lowest BCUT2D eigenvalue weighted by Crippen LogP contribution is -2.15. The van der Waals surface area contributed by atoms with E-state index in [4.69, 9.17) is 5.73 Å². The summed E-state index contributed by atoms with van der Waals surface area (Å²) in [6.45, 7) is 0.764. The molecule has 0 aliphatic rings. The zero-order valence-electron chi connectivity index (χ0n) is 10.8. The summed E-state index contributed by atoms with van der Waals surface area (Å²) in [7, 11) is 0. The maximum Gasteiger partial charge on any atom is 0.227 e. The van der Waals surface area contributed by atoms with Gasteiger partial charge in [0.1, 0.15) is 18.5 Å². The van der Waals surface area contributed by atoms with Gasteiger partial charge in [-0.1, -0.05) is 11.8 Å². The largest absolute Gasteiger partial charge is 0.320 e. The number of hydrogen-bond donors (Lipinski definition) is 2. The molecular weight excluding hydrogens is 256 g/mol. The van der Waals surface area contributed by atoms with Crippen LogP contribution in [0.1, 0.15) is 12.0 Å². The molecule has 7 nitrogen and oxygen atoms in total. The zero-order valence-corrected chi connectivity index (χ0v) is 10.8. The molecular formula is C13H14N6O. The Balaban J connectivity index is 1.90. The highest BCUT2D eigenvalue weighted by Gasteiger charge is 2.04. The molecule has 2 heterocycles. The molecule has 3 N–H and O–H groups in total. The Morgan fingerprint density at radius 3 is 3.15 bits per heavy atom. The topological polar surface area (TPSA) is 98.7 Å². The molecule has 2 aromatic heterocycles. The molecule has 20 heavy (non-hydrogen) atoms. The van der Waals surface area contributed by atoms with Gasteiger partial charge in [-0.15, -0.1) is 0 Å². The number of aryl methyl sites for hydroxylation is 1. The summed E-state index contributed by atoms with van der Waals surface area (Å²) in [5.41, 5.74) is 6.07. The van der Waals surface area contributed by atoms with Gasteiger partial charge in [-0.25, -0.2) is 9.97 Å². The van der Waals surface area contributed by atoms with Gasteiger partial charge in [0.25, 0.3) is 0 Å². The number of amides is 1. The second-order valence-electron chi connectivity index (χ2n) is 3.89. The van der Waals surface area contributed by atoms with Crippen molar-refractivity contribution < 1.29 is 4.79 Å². The smallest absolute Gasteiger partial charge is 0.227 e. The average Bonchev–Trinajstić information content (AvgIpc) is 2.97. The van der Waals surface area contributed by atoms with E-state index >= 15 is 0 Å². The fourth-order valence-electron chi connectivity index (χ4n) is 1.50. The van der Waals surface area contributed by atoms with Crippen molar-refractivity contribution in [1.82, 2.24) is 19.7 Å².